The maximum Gasteiger partial charge on any atom is 0.237 e. The largest absolute Gasteiger partial charge is 0.358 e. The molecule has 0 aliphatic rings. The molecule has 0 aliphatic heterocycles. The van der Waals surface area contributed by atoms with Crippen molar-refractivity contribution < 1.29 is 4.79 Å². The summed E-state index contributed by atoms with van der Waals surface area (Å²) in [5, 5.41) is 6.04. The van der Waals surface area contributed by atoms with Gasteiger partial charge in [-0.1, -0.05) is 34.1 Å². The lowest BCUT2D eigenvalue weighted by molar-refractivity contribution is -0.123. The van der Waals surface area contributed by atoms with Crippen molar-refractivity contribution in [3.8, 4) is 0 Å². The Labute approximate surface area is 94.0 Å². The van der Waals surface area contributed by atoms with Crippen LogP contribution < -0.4 is 10.6 Å². The van der Waals surface area contributed by atoms with Crippen molar-refractivity contribution in [3.05, 3.63) is 0 Å². The summed E-state index contributed by atoms with van der Waals surface area (Å²) >= 11 is 0. The number of hydrogen-bond donors (Lipinski definition) is 2. The molecule has 0 rings (SSSR count). The van der Waals surface area contributed by atoms with Gasteiger partial charge in [0.1, 0.15) is 0 Å². The van der Waals surface area contributed by atoms with Crippen LogP contribution in [0.25, 0.3) is 0 Å². The minimum absolute atomic E-state index is 0.0608. The van der Waals surface area contributed by atoms with E-state index in [4.69, 9.17) is 0 Å². The predicted octanol–water partition coefficient (Wildman–Crippen LogP) is 1.78. The Morgan fingerprint density at radius 1 is 1.27 bits per heavy atom. The zero-order valence-electron chi connectivity index (χ0n) is 10.8. The molecule has 0 aromatic heterocycles. The van der Waals surface area contributed by atoms with Crippen molar-refractivity contribution in [2.24, 2.45) is 11.8 Å². The molecule has 1 amide bonds. The Hall–Kier alpha value is -0.570. The number of likely N-dealkylation sites (N-methyl/N-ethyl adjacent to an activating group) is 1. The highest BCUT2D eigenvalue weighted by Crippen LogP contribution is 2.06. The summed E-state index contributed by atoms with van der Waals surface area (Å²) in [6.45, 7) is 9.46. The zero-order valence-corrected chi connectivity index (χ0v) is 10.8. The van der Waals surface area contributed by atoms with Crippen molar-refractivity contribution in [2.45, 2.75) is 46.6 Å². The molecule has 0 fully saturated rings. The van der Waals surface area contributed by atoms with Gasteiger partial charge in [-0.15, -0.1) is 0 Å². The SMILES string of the molecule is CCCC(C)CNC(C(=O)NC)C(C)C. The first kappa shape index (κ1) is 14.4. The van der Waals surface area contributed by atoms with Gasteiger partial charge < -0.3 is 10.6 Å². The summed E-state index contributed by atoms with van der Waals surface area (Å²) in [4.78, 5) is 11.6. The van der Waals surface area contributed by atoms with Crippen molar-refractivity contribution in [1.82, 2.24) is 10.6 Å². The number of rotatable bonds is 7. The average molecular weight is 214 g/mol. The number of amides is 1. The lowest BCUT2D eigenvalue weighted by Crippen LogP contribution is -2.47. The average Bonchev–Trinajstić information content (AvgIpc) is 2.17. The molecule has 0 saturated carbocycles. The standard InChI is InChI=1S/C12H26N2O/c1-6-7-10(4)8-14-11(9(2)3)12(15)13-5/h9-11,14H,6-8H2,1-5H3,(H,13,15). The molecule has 0 aromatic rings. The molecule has 0 heterocycles. The first-order chi connectivity index (χ1) is 7.02. The van der Waals surface area contributed by atoms with E-state index in [-0.39, 0.29) is 11.9 Å². The molecule has 3 heteroatoms. The fraction of sp³-hybridized carbons (Fsp3) is 0.917. The third-order valence-electron chi connectivity index (χ3n) is 2.66. The third kappa shape index (κ3) is 5.78. The van der Waals surface area contributed by atoms with Crippen LogP contribution in [0.4, 0.5) is 0 Å². The van der Waals surface area contributed by atoms with Crippen LogP contribution in [-0.2, 0) is 4.79 Å². The zero-order chi connectivity index (χ0) is 11.8. The fourth-order valence-corrected chi connectivity index (χ4v) is 1.71. The molecule has 2 atom stereocenters. The van der Waals surface area contributed by atoms with E-state index in [2.05, 4.69) is 38.3 Å². The highest BCUT2D eigenvalue weighted by Gasteiger charge is 2.20. The molecule has 3 nitrogen and oxygen atoms in total. The van der Waals surface area contributed by atoms with Gasteiger partial charge >= 0.3 is 0 Å². The van der Waals surface area contributed by atoms with Gasteiger partial charge in [-0.2, -0.15) is 0 Å². The van der Waals surface area contributed by atoms with Crippen LogP contribution in [0.3, 0.4) is 0 Å². The van der Waals surface area contributed by atoms with Crippen LogP contribution in [0, 0.1) is 11.8 Å². The Kier molecular flexibility index (Phi) is 7.39. The lowest BCUT2D eigenvalue weighted by atomic mass is 10.0. The third-order valence-corrected chi connectivity index (χ3v) is 2.66. The second kappa shape index (κ2) is 7.69. The smallest absolute Gasteiger partial charge is 0.237 e. The Morgan fingerprint density at radius 2 is 1.87 bits per heavy atom. The minimum atomic E-state index is -0.0608. The van der Waals surface area contributed by atoms with E-state index in [1.54, 1.807) is 7.05 Å². The maximum atomic E-state index is 11.6. The number of nitrogens with one attached hydrogen (secondary N) is 2. The van der Waals surface area contributed by atoms with E-state index in [1.807, 2.05) is 0 Å². The first-order valence-corrected chi connectivity index (χ1v) is 5.97. The minimum Gasteiger partial charge on any atom is -0.358 e. The second-order valence-electron chi connectivity index (χ2n) is 4.64. The second-order valence-corrected chi connectivity index (χ2v) is 4.64. The lowest BCUT2D eigenvalue weighted by Gasteiger charge is -2.22. The summed E-state index contributed by atoms with van der Waals surface area (Å²) in [6.07, 6.45) is 2.42. The number of carbonyl (C=O) groups is 1. The van der Waals surface area contributed by atoms with E-state index in [0.717, 1.165) is 6.54 Å². The quantitative estimate of drug-likeness (QED) is 0.678. The normalized spacial score (nSPS) is 15.1. The van der Waals surface area contributed by atoms with Crippen LogP contribution in [0.2, 0.25) is 0 Å². The van der Waals surface area contributed by atoms with Gasteiger partial charge in [0, 0.05) is 7.05 Å². The van der Waals surface area contributed by atoms with Gasteiger partial charge in [-0.25, -0.2) is 0 Å². The van der Waals surface area contributed by atoms with Crippen LogP contribution in [0.1, 0.15) is 40.5 Å². The molecule has 2 N–H and O–H groups in total. The van der Waals surface area contributed by atoms with Gasteiger partial charge in [0.2, 0.25) is 5.91 Å². The van der Waals surface area contributed by atoms with Gasteiger partial charge in [0.15, 0.2) is 0 Å². The molecule has 0 saturated heterocycles. The molecule has 90 valence electrons. The molecule has 0 radical (unpaired) electrons. The summed E-state index contributed by atoms with van der Waals surface area (Å²) in [7, 11) is 1.69. The van der Waals surface area contributed by atoms with Crippen molar-refractivity contribution in [1.29, 1.82) is 0 Å². The summed E-state index contributed by atoms with van der Waals surface area (Å²) in [5.74, 6) is 1.06. The molecule has 0 spiro atoms. The van der Waals surface area contributed by atoms with Crippen molar-refractivity contribution in [3.63, 3.8) is 0 Å². The van der Waals surface area contributed by atoms with Gasteiger partial charge in [0.25, 0.3) is 0 Å². The van der Waals surface area contributed by atoms with Gasteiger partial charge in [-0.3, -0.25) is 4.79 Å². The Morgan fingerprint density at radius 3 is 2.27 bits per heavy atom. The van der Waals surface area contributed by atoms with Gasteiger partial charge in [0.05, 0.1) is 6.04 Å². The molecule has 0 aromatic carbocycles. The summed E-state index contributed by atoms with van der Waals surface area (Å²) in [6, 6.07) is -0.0608. The molecule has 15 heavy (non-hydrogen) atoms. The van der Waals surface area contributed by atoms with Crippen LogP contribution in [0.5, 0.6) is 0 Å². The van der Waals surface area contributed by atoms with Crippen molar-refractivity contribution in [2.75, 3.05) is 13.6 Å². The first-order valence-electron chi connectivity index (χ1n) is 5.97. The topological polar surface area (TPSA) is 41.1 Å². The van der Waals surface area contributed by atoms with E-state index in [0.29, 0.717) is 11.8 Å². The highest BCUT2D eigenvalue weighted by atomic mass is 16.2. The fourth-order valence-electron chi connectivity index (χ4n) is 1.71. The van der Waals surface area contributed by atoms with E-state index in [9.17, 15) is 4.79 Å². The van der Waals surface area contributed by atoms with E-state index in [1.165, 1.54) is 12.8 Å². The maximum absolute atomic E-state index is 11.6. The molecular weight excluding hydrogens is 188 g/mol. The van der Waals surface area contributed by atoms with Crippen LogP contribution in [-0.4, -0.2) is 25.5 Å². The molecule has 0 bridgehead atoms. The summed E-state index contributed by atoms with van der Waals surface area (Å²) in [5.41, 5.74) is 0. The van der Waals surface area contributed by atoms with E-state index < -0.39 is 0 Å². The number of carbonyl (C=O) groups excluding carboxylic acids is 1. The van der Waals surface area contributed by atoms with Crippen molar-refractivity contribution >= 4 is 5.91 Å². The van der Waals surface area contributed by atoms with Crippen LogP contribution >= 0.6 is 0 Å². The van der Waals surface area contributed by atoms with Gasteiger partial charge in [-0.05, 0) is 24.8 Å². The number of hydrogen-bond acceptors (Lipinski definition) is 2. The molecular formula is C12H26N2O. The molecule has 0 aliphatic carbocycles. The molecule has 2 unspecified atom stereocenters. The van der Waals surface area contributed by atoms with E-state index >= 15 is 0 Å². The Bertz CT molecular complexity index is 180. The summed E-state index contributed by atoms with van der Waals surface area (Å²) < 4.78 is 0. The monoisotopic (exact) mass is 214 g/mol. The Balaban J connectivity index is 4.02. The highest BCUT2D eigenvalue weighted by molar-refractivity contribution is 5.81. The predicted molar refractivity (Wildman–Crippen MR) is 64.8 cm³/mol. The van der Waals surface area contributed by atoms with Crippen LogP contribution in [0.15, 0.2) is 0 Å².